The summed E-state index contributed by atoms with van der Waals surface area (Å²) in [6, 6.07) is 4.38. The fourth-order valence-corrected chi connectivity index (χ4v) is 3.77. The van der Waals surface area contributed by atoms with Gasteiger partial charge in [0.25, 0.3) is 0 Å². The number of ether oxygens (including phenoxy) is 1. The number of hydrogen-bond acceptors (Lipinski definition) is 4. The molecule has 1 aromatic rings. The molecule has 3 nitrogen and oxygen atoms in total. The molecule has 0 aliphatic carbocycles. The van der Waals surface area contributed by atoms with Crippen LogP contribution < -0.4 is 5.73 Å². The summed E-state index contributed by atoms with van der Waals surface area (Å²) < 4.78 is 6.23. The normalized spacial score (nSPS) is 25.1. The molecule has 0 bridgehead atoms. The van der Waals surface area contributed by atoms with Crippen LogP contribution in [0.5, 0.6) is 0 Å². The van der Waals surface area contributed by atoms with Crippen molar-refractivity contribution in [1.29, 1.82) is 0 Å². The zero-order valence-electron chi connectivity index (χ0n) is 10.2. The highest BCUT2D eigenvalue weighted by Gasteiger charge is 2.31. The summed E-state index contributed by atoms with van der Waals surface area (Å²) in [5, 5.41) is 0. The highest BCUT2D eigenvalue weighted by atomic mass is 35.5. The lowest BCUT2D eigenvalue weighted by atomic mass is 10.1. The lowest BCUT2D eigenvalue weighted by molar-refractivity contribution is 0.0986. The van der Waals surface area contributed by atoms with Crippen molar-refractivity contribution < 1.29 is 4.74 Å². The van der Waals surface area contributed by atoms with Crippen LogP contribution in [0.1, 0.15) is 24.3 Å². The first-order valence-electron chi connectivity index (χ1n) is 5.89. The van der Waals surface area contributed by atoms with E-state index in [-0.39, 0.29) is 12.1 Å². The molecule has 2 N–H and O–H groups in total. The third-order valence-corrected chi connectivity index (χ3v) is 4.59. The van der Waals surface area contributed by atoms with Crippen LogP contribution in [0.3, 0.4) is 0 Å². The van der Waals surface area contributed by atoms with Crippen LogP contribution in [0, 0.1) is 0 Å². The zero-order valence-corrected chi connectivity index (χ0v) is 11.8. The molecule has 5 heteroatoms. The largest absolute Gasteiger partial charge is 0.380 e. The molecule has 0 amide bonds. The number of nitrogens with zero attached hydrogens (tertiary/aromatic N) is 1. The maximum atomic E-state index is 6.13. The minimum atomic E-state index is 0.0975. The van der Waals surface area contributed by atoms with Gasteiger partial charge in [0, 0.05) is 31.1 Å². The number of nitrogens with two attached hydrogens (primary N) is 1. The minimum absolute atomic E-state index is 0.0975. The highest BCUT2D eigenvalue weighted by molar-refractivity contribution is 7.16. The molecule has 1 saturated heterocycles. The van der Waals surface area contributed by atoms with E-state index in [0.717, 1.165) is 23.8 Å². The smallest absolute Gasteiger partial charge is 0.0931 e. The van der Waals surface area contributed by atoms with Crippen molar-refractivity contribution in [2.24, 2.45) is 5.73 Å². The van der Waals surface area contributed by atoms with Crippen LogP contribution in [0.25, 0.3) is 0 Å². The van der Waals surface area contributed by atoms with Gasteiger partial charge in [0.2, 0.25) is 0 Å². The molecule has 1 aliphatic rings. The first kappa shape index (κ1) is 13.3. The van der Waals surface area contributed by atoms with E-state index in [4.69, 9.17) is 22.1 Å². The highest BCUT2D eigenvalue weighted by Crippen LogP contribution is 2.34. The number of rotatable bonds is 4. The summed E-state index contributed by atoms with van der Waals surface area (Å²) >= 11 is 7.63. The number of hydrogen-bond donors (Lipinski definition) is 1. The molecule has 3 atom stereocenters. The van der Waals surface area contributed by atoms with Crippen molar-refractivity contribution >= 4 is 22.9 Å². The van der Waals surface area contributed by atoms with Gasteiger partial charge < -0.3 is 10.5 Å². The van der Waals surface area contributed by atoms with E-state index in [2.05, 4.69) is 17.9 Å². The van der Waals surface area contributed by atoms with Crippen LogP contribution in [-0.4, -0.2) is 37.2 Å². The van der Waals surface area contributed by atoms with E-state index in [9.17, 15) is 0 Å². The van der Waals surface area contributed by atoms with Gasteiger partial charge in [-0.05, 0) is 25.5 Å². The molecule has 3 unspecified atom stereocenters. The van der Waals surface area contributed by atoms with Gasteiger partial charge in [0.15, 0.2) is 0 Å². The Bertz CT molecular complexity index is 369. The summed E-state index contributed by atoms with van der Waals surface area (Å²) in [5.41, 5.74) is 6.13. The first-order chi connectivity index (χ1) is 8.11. The Morgan fingerprint density at radius 1 is 1.59 bits per heavy atom. The number of methoxy groups -OCH3 is 1. The van der Waals surface area contributed by atoms with E-state index in [0.29, 0.717) is 6.10 Å². The molecule has 2 rings (SSSR count). The molecule has 17 heavy (non-hydrogen) atoms. The van der Waals surface area contributed by atoms with Gasteiger partial charge >= 0.3 is 0 Å². The summed E-state index contributed by atoms with van der Waals surface area (Å²) in [6.07, 6.45) is 1.42. The molecule has 1 aliphatic heterocycles. The summed E-state index contributed by atoms with van der Waals surface area (Å²) in [4.78, 5) is 3.66. The van der Waals surface area contributed by atoms with Crippen molar-refractivity contribution in [3.8, 4) is 0 Å². The van der Waals surface area contributed by atoms with Gasteiger partial charge in [0.1, 0.15) is 0 Å². The van der Waals surface area contributed by atoms with Crippen LogP contribution >= 0.6 is 22.9 Å². The molecule has 96 valence electrons. The second kappa shape index (κ2) is 5.67. The fraction of sp³-hybridized carbons (Fsp3) is 0.667. The molecule has 1 aromatic heterocycles. The van der Waals surface area contributed by atoms with E-state index in [1.807, 2.05) is 6.07 Å². The monoisotopic (exact) mass is 274 g/mol. The lowest BCUT2D eigenvalue weighted by Gasteiger charge is -2.30. The van der Waals surface area contributed by atoms with Gasteiger partial charge in [-0.3, -0.25) is 4.90 Å². The SMILES string of the molecule is COC1CCN(C(c2ccc(Cl)s2)C(C)N)C1. The number of halogens is 1. The van der Waals surface area contributed by atoms with Crippen LogP contribution in [-0.2, 0) is 4.74 Å². The summed E-state index contributed by atoms with van der Waals surface area (Å²) in [5.74, 6) is 0. The Balaban J connectivity index is 2.13. The van der Waals surface area contributed by atoms with Gasteiger partial charge in [-0.25, -0.2) is 0 Å². The number of thiophene rings is 1. The zero-order chi connectivity index (χ0) is 12.4. The van der Waals surface area contributed by atoms with Crippen LogP contribution in [0.15, 0.2) is 12.1 Å². The fourth-order valence-electron chi connectivity index (χ4n) is 2.46. The predicted octanol–water partition coefficient (Wildman–Crippen LogP) is 2.51. The second-order valence-electron chi connectivity index (χ2n) is 4.59. The summed E-state index contributed by atoms with van der Waals surface area (Å²) in [6.45, 7) is 4.05. The minimum Gasteiger partial charge on any atom is -0.380 e. The van der Waals surface area contributed by atoms with Crippen LogP contribution in [0.2, 0.25) is 4.34 Å². The first-order valence-corrected chi connectivity index (χ1v) is 7.09. The Kier molecular flexibility index (Phi) is 4.44. The number of likely N-dealkylation sites (tertiary alicyclic amines) is 1. The average Bonchev–Trinajstić information content (AvgIpc) is 2.88. The third-order valence-electron chi connectivity index (χ3n) is 3.29. The quantitative estimate of drug-likeness (QED) is 0.917. The van der Waals surface area contributed by atoms with Gasteiger partial charge in [0.05, 0.1) is 16.5 Å². The third kappa shape index (κ3) is 3.01. The maximum absolute atomic E-state index is 6.13. The van der Waals surface area contributed by atoms with E-state index < -0.39 is 0 Å². The standard InChI is InChI=1S/C12H19ClN2OS/c1-8(14)12(10-3-4-11(13)17-10)15-6-5-9(7-15)16-2/h3-4,8-9,12H,5-7,14H2,1-2H3. The van der Waals surface area contributed by atoms with E-state index in [1.165, 1.54) is 4.88 Å². The molecule has 0 saturated carbocycles. The average molecular weight is 275 g/mol. The van der Waals surface area contributed by atoms with Crippen molar-refractivity contribution in [2.45, 2.75) is 31.5 Å². The van der Waals surface area contributed by atoms with E-state index in [1.54, 1.807) is 18.4 Å². The molecular formula is C12H19ClN2OS. The molecular weight excluding hydrogens is 256 g/mol. The van der Waals surface area contributed by atoms with Crippen molar-refractivity contribution in [1.82, 2.24) is 4.90 Å². The van der Waals surface area contributed by atoms with Crippen molar-refractivity contribution in [3.05, 3.63) is 21.3 Å². The van der Waals surface area contributed by atoms with Crippen molar-refractivity contribution in [2.75, 3.05) is 20.2 Å². The Labute approximate surface area is 112 Å². The van der Waals surface area contributed by atoms with Crippen LogP contribution in [0.4, 0.5) is 0 Å². The molecule has 0 aromatic carbocycles. The second-order valence-corrected chi connectivity index (χ2v) is 6.33. The Morgan fingerprint density at radius 2 is 2.35 bits per heavy atom. The lowest BCUT2D eigenvalue weighted by Crippen LogP contribution is -2.38. The summed E-state index contributed by atoms with van der Waals surface area (Å²) in [7, 11) is 1.77. The van der Waals surface area contributed by atoms with Gasteiger partial charge in [-0.2, -0.15) is 0 Å². The Hall–Kier alpha value is -0.130. The predicted molar refractivity (Wildman–Crippen MR) is 72.7 cm³/mol. The molecule has 1 fully saturated rings. The van der Waals surface area contributed by atoms with Crippen molar-refractivity contribution in [3.63, 3.8) is 0 Å². The van der Waals surface area contributed by atoms with E-state index >= 15 is 0 Å². The molecule has 0 spiro atoms. The molecule has 2 heterocycles. The molecule has 0 radical (unpaired) electrons. The topological polar surface area (TPSA) is 38.5 Å². The van der Waals surface area contributed by atoms with Gasteiger partial charge in [-0.1, -0.05) is 11.6 Å². The maximum Gasteiger partial charge on any atom is 0.0931 e. The Morgan fingerprint density at radius 3 is 2.82 bits per heavy atom. The van der Waals surface area contributed by atoms with Gasteiger partial charge in [-0.15, -0.1) is 11.3 Å².